The summed E-state index contributed by atoms with van der Waals surface area (Å²) in [5.41, 5.74) is 2.64. The van der Waals surface area contributed by atoms with Crippen LogP contribution in [0.4, 0.5) is 0 Å². The van der Waals surface area contributed by atoms with Crippen LogP contribution in [0.1, 0.15) is 35.1 Å². The van der Waals surface area contributed by atoms with Crippen LogP contribution >= 0.6 is 0 Å². The molecule has 4 aromatic rings. The lowest BCUT2D eigenvalue weighted by molar-refractivity contribution is -0.135. The number of aryl methyl sites for hydroxylation is 1. The van der Waals surface area contributed by atoms with Gasteiger partial charge in [0.1, 0.15) is 12.4 Å². The van der Waals surface area contributed by atoms with Crippen molar-refractivity contribution in [2.75, 3.05) is 19.6 Å². The Morgan fingerprint density at radius 2 is 1.88 bits per heavy atom. The first-order chi connectivity index (χ1) is 16.0. The Labute approximate surface area is 189 Å². The van der Waals surface area contributed by atoms with Gasteiger partial charge in [0.15, 0.2) is 0 Å². The zero-order valence-electron chi connectivity index (χ0n) is 18.3. The number of benzene rings is 2. The molecule has 1 fully saturated rings. The molecule has 9 nitrogen and oxygen atoms in total. The maximum atomic E-state index is 13.2. The van der Waals surface area contributed by atoms with Crippen LogP contribution in [0.2, 0.25) is 0 Å². The van der Waals surface area contributed by atoms with E-state index in [1.165, 1.54) is 0 Å². The van der Waals surface area contributed by atoms with Crippen LogP contribution in [-0.2, 0) is 17.8 Å². The summed E-state index contributed by atoms with van der Waals surface area (Å²) in [6.45, 7) is 3.54. The van der Waals surface area contributed by atoms with E-state index in [1.807, 2.05) is 37.3 Å². The number of H-pyrrole nitrogens is 1. The first kappa shape index (κ1) is 20.9. The first-order valence-corrected chi connectivity index (χ1v) is 11.1. The third kappa shape index (κ3) is 3.86. The zero-order valence-corrected chi connectivity index (χ0v) is 18.3. The number of nitrogens with one attached hydrogen (secondary N) is 1. The Hall–Kier alpha value is -4.01. The monoisotopic (exact) mass is 444 g/mol. The van der Waals surface area contributed by atoms with Gasteiger partial charge in [0.2, 0.25) is 11.6 Å². The summed E-state index contributed by atoms with van der Waals surface area (Å²) in [6, 6.07) is 15.0. The molecule has 2 amide bonds. The molecule has 1 aliphatic rings. The Morgan fingerprint density at radius 1 is 1.06 bits per heavy atom. The van der Waals surface area contributed by atoms with E-state index in [9.17, 15) is 14.4 Å². The van der Waals surface area contributed by atoms with Crippen molar-refractivity contribution in [3.8, 4) is 0 Å². The molecule has 1 saturated heterocycles. The van der Waals surface area contributed by atoms with Crippen molar-refractivity contribution in [2.24, 2.45) is 0 Å². The minimum Gasteiger partial charge on any atom is -0.335 e. The summed E-state index contributed by atoms with van der Waals surface area (Å²) in [7, 11) is 0. The summed E-state index contributed by atoms with van der Waals surface area (Å²) < 4.78 is 1.75. The van der Waals surface area contributed by atoms with Crippen LogP contribution in [0.5, 0.6) is 0 Å². The smallest absolute Gasteiger partial charge is 0.294 e. The molecule has 1 aliphatic heterocycles. The van der Waals surface area contributed by atoms with Crippen LogP contribution in [0.25, 0.3) is 16.7 Å². The van der Waals surface area contributed by atoms with Crippen molar-refractivity contribution in [1.29, 1.82) is 0 Å². The summed E-state index contributed by atoms with van der Waals surface area (Å²) in [5, 5.41) is 8.16. The molecule has 0 bridgehead atoms. The van der Waals surface area contributed by atoms with E-state index in [4.69, 9.17) is 0 Å². The lowest BCUT2D eigenvalue weighted by Crippen LogP contribution is -2.51. The molecule has 0 aliphatic carbocycles. The normalized spacial score (nSPS) is 14.4. The fraction of sp³-hybridized carbons (Fsp3) is 0.292. The van der Waals surface area contributed by atoms with Gasteiger partial charge < -0.3 is 14.8 Å². The molecule has 3 heterocycles. The second-order valence-corrected chi connectivity index (χ2v) is 8.24. The zero-order chi connectivity index (χ0) is 22.9. The van der Waals surface area contributed by atoms with Gasteiger partial charge in [0.05, 0.1) is 11.0 Å². The Balaban J connectivity index is 1.39. The standard InChI is InChI=1S/C24H24N6O3/c1-2-6-20-26-27-22-23(32)25-18-13-17(9-10-19(18)30(20)22)24(33)29-12-11-28(21(31)15-29)14-16-7-4-3-5-8-16/h3-5,7-10,13H,2,6,11-12,14-15H2,1H3,(H,25,32). The quantitative estimate of drug-likeness (QED) is 0.507. The summed E-state index contributed by atoms with van der Waals surface area (Å²) in [4.78, 5) is 44.5. The number of piperazine rings is 1. The van der Waals surface area contributed by atoms with Crippen molar-refractivity contribution < 1.29 is 9.59 Å². The van der Waals surface area contributed by atoms with Crippen molar-refractivity contribution in [1.82, 2.24) is 29.4 Å². The molecule has 0 atom stereocenters. The number of hydrogen-bond acceptors (Lipinski definition) is 5. The SMILES string of the molecule is CCCc1nnc2c(=O)[nH]c3cc(C(=O)N4CCN(Cc5ccccc5)C(=O)C4)ccc3n12. The average molecular weight is 444 g/mol. The molecule has 0 spiro atoms. The third-order valence-electron chi connectivity index (χ3n) is 5.96. The van der Waals surface area contributed by atoms with Crippen molar-refractivity contribution in [3.05, 3.63) is 75.8 Å². The Morgan fingerprint density at radius 3 is 2.64 bits per heavy atom. The van der Waals surface area contributed by atoms with Crippen LogP contribution < -0.4 is 5.56 Å². The highest BCUT2D eigenvalue weighted by Crippen LogP contribution is 2.18. The van der Waals surface area contributed by atoms with Crippen LogP contribution in [0, 0.1) is 0 Å². The third-order valence-corrected chi connectivity index (χ3v) is 5.96. The Bertz CT molecular complexity index is 1410. The van der Waals surface area contributed by atoms with Crippen molar-refractivity contribution in [2.45, 2.75) is 26.3 Å². The molecule has 9 heteroatoms. The molecular formula is C24H24N6O3. The number of nitrogens with zero attached hydrogens (tertiary/aromatic N) is 5. The number of aromatic nitrogens is 4. The lowest BCUT2D eigenvalue weighted by atomic mass is 10.1. The van der Waals surface area contributed by atoms with Crippen molar-refractivity contribution >= 4 is 28.5 Å². The number of rotatable bonds is 5. The number of aromatic amines is 1. The molecule has 2 aromatic heterocycles. The average Bonchev–Trinajstić information content (AvgIpc) is 3.25. The number of fused-ring (bicyclic) bond motifs is 3. The van der Waals surface area contributed by atoms with Crippen LogP contribution in [0.15, 0.2) is 53.3 Å². The van der Waals surface area contributed by atoms with Crippen molar-refractivity contribution in [3.63, 3.8) is 0 Å². The molecule has 168 valence electrons. The summed E-state index contributed by atoms with van der Waals surface area (Å²) >= 11 is 0. The van der Waals surface area contributed by atoms with E-state index < -0.39 is 0 Å². The Kier molecular flexibility index (Phi) is 5.37. The second-order valence-electron chi connectivity index (χ2n) is 8.24. The number of amides is 2. The predicted octanol–water partition coefficient (Wildman–Crippen LogP) is 2.01. The van der Waals surface area contributed by atoms with E-state index in [1.54, 1.807) is 32.4 Å². The van der Waals surface area contributed by atoms with Gasteiger partial charge in [0.25, 0.3) is 11.5 Å². The van der Waals surface area contributed by atoms with Gasteiger partial charge in [-0.2, -0.15) is 0 Å². The predicted molar refractivity (Wildman–Crippen MR) is 123 cm³/mol. The molecule has 2 aromatic carbocycles. The first-order valence-electron chi connectivity index (χ1n) is 11.1. The minimum absolute atomic E-state index is 0.0331. The fourth-order valence-corrected chi connectivity index (χ4v) is 4.28. The highest BCUT2D eigenvalue weighted by molar-refractivity contribution is 5.99. The highest BCUT2D eigenvalue weighted by atomic mass is 16.2. The molecule has 33 heavy (non-hydrogen) atoms. The number of hydrogen-bond donors (Lipinski definition) is 1. The second kappa shape index (κ2) is 8.50. The van der Waals surface area contributed by atoms with Gasteiger partial charge in [0, 0.05) is 31.6 Å². The van der Waals surface area contributed by atoms with E-state index in [2.05, 4.69) is 15.2 Å². The molecule has 1 N–H and O–H groups in total. The largest absolute Gasteiger partial charge is 0.335 e. The van der Waals surface area contributed by atoms with Crippen LogP contribution in [-0.4, -0.2) is 60.8 Å². The van der Waals surface area contributed by atoms with E-state index in [-0.39, 0.29) is 29.6 Å². The molecule has 0 radical (unpaired) electrons. The van der Waals surface area contributed by atoms with E-state index in [0.29, 0.717) is 43.0 Å². The topological polar surface area (TPSA) is 104 Å². The summed E-state index contributed by atoms with van der Waals surface area (Å²) in [5.74, 6) is 0.397. The van der Waals surface area contributed by atoms with Gasteiger partial charge in [-0.05, 0) is 30.2 Å². The highest BCUT2D eigenvalue weighted by Gasteiger charge is 2.28. The maximum Gasteiger partial charge on any atom is 0.294 e. The molecular weight excluding hydrogens is 420 g/mol. The van der Waals surface area contributed by atoms with E-state index in [0.717, 1.165) is 17.5 Å². The molecule has 0 saturated carbocycles. The number of carbonyl (C=O) groups is 2. The van der Waals surface area contributed by atoms with Gasteiger partial charge in [-0.1, -0.05) is 37.3 Å². The van der Waals surface area contributed by atoms with Crippen LogP contribution in [0.3, 0.4) is 0 Å². The summed E-state index contributed by atoms with van der Waals surface area (Å²) in [6.07, 6.45) is 1.56. The maximum absolute atomic E-state index is 13.2. The molecule has 5 rings (SSSR count). The molecule has 0 unspecified atom stereocenters. The van der Waals surface area contributed by atoms with Gasteiger partial charge >= 0.3 is 0 Å². The van der Waals surface area contributed by atoms with Gasteiger partial charge in [-0.3, -0.25) is 18.8 Å². The van der Waals surface area contributed by atoms with Gasteiger partial charge in [-0.25, -0.2) is 0 Å². The van der Waals surface area contributed by atoms with E-state index >= 15 is 0 Å². The lowest BCUT2D eigenvalue weighted by Gasteiger charge is -2.34. The fourth-order valence-electron chi connectivity index (χ4n) is 4.28. The minimum atomic E-state index is -0.355. The number of carbonyl (C=O) groups excluding carboxylic acids is 2. The van der Waals surface area contributed by atoms with Gasteiger partial charge in [-0.15, -0.1) is 10.2 Å².